The quantitative estimate of drug-likeness (QED) is 0.921. The lowest BCUT2D eigenvalue weighted by Crippen LogP contribution is -2.27. The van der Waals surface area contributed by atoms with Crippen molar-refractivity contribution < 1.29 is 9.53 Å². The van der Waals surface area contributed by atoms with E-state index in [9.17, 15) is 4.79 Å². The SMILES string of the molecule is Cc1cc(-c2cncc(NC(=O)OC(C)(C)C)c2)n(C)n1. The Kier molecular flexibility index (Phi) is 3.97. The number of carbonyl (C=O) groups is 1. The largest absolute Gasteiger partial charge is 0.444 e. The van der Waals surface area contributed by atoms with Crippen LogP contribution in [0.25, 0.3) is 11.3 Å². The van der Waals surface area contributed by atoms with Crippen molar-refractivity contribution in [2.75, 3.05) is 5.32 Å². The molecule has 0 atom stereocenters. The third-order valence-corrected chi connectivity index (χ3v) is 2.68. The number of hydrogen-bond donors (Lipinski definition) is 1. The van der Waals surface area contributed by atoms with Crippen LogP contribution in [0.5, 0.6) is 0 Å². The first kappa shape index (κ1) is 15.0. The third-order valence-electron chi connectivity index (χ3n) is 2.68. The second kappa shape index (κ2) is 5.55. The predicted molar refractivity (Wildman–Crippen MR) is 81.0 cm³/mol. The highest BCUT2D eigenvalue weighted by atomic mass is 16.6. The standard InChI is InChI=1S/C15H20N4O2/c1-10-6-13(19(5)18-10)11-7-12(9-16-8-11)17-14(20)21-15(2,3)4/h6-9H,1-5H3,(H,17,20). The Morgan fingerprint density at radius 1 is 1.29 bits per heavy atom. The van der Waals surface area contributed by atoms with E-state index in [0.717, 1.165) is 17.0 Å². The van der Waals surface area contributed by atoms with Crippen molar-refractivity contribution in [3.8, 4) is 11.3 Å². The zero-order valence-electron chi connectivity index (χ0n) is 13.0. The molecule has 1 N–H and O–H groups in total. The van der Waals surface area contributed by atoms with Crippen LogP contribution in [0.4, 0.5) is 10.5 Å². The summed E-state index contributed by atoms with van der Waals surface area (Å²) < 4.78 is 7.00. The molecule has 0 aliphatic heterocycles. The number of anilines is 1. The van der Waals surface area contributed by atoms with Crippen molar-refractivity contribution >= 4 is 11.8 Å². The van der Waals surface area contributed by atoms with Gasteiger partial charge < -0.3 is 4.74 Å². The maximum absolute atomic E-state index is 11.8. The van der Waals surface area contributed by atoms with Crippen molar-refractivity contribution in [1.29, 1.82) is 0 Å². The summed E-state index contributed by atoms with van der Waals surface area (Å²) >= 11 is 0. The lowest BCUT2D eigenvalue weighted by atomic mass is 10.2. The van der Waals surface area contributed by atoms with Gasteiger partial charge in [0.1, 0.15) is 5.60 Å². The molecule has 2 heterocycles. The molecule has 0 bridgehead atoms. The first-order chi connectivity index (χ1) is 9.74. The summed E-state index contributed by atoms with van der Waals surface area (Å²) in [6.45, 7) is 7.39. The van der Waals surface area contributed by atoms with Gasteiger partial charge in [-0.2, -0.15) is 5.10 Å². The fraction of sp³-hybridized carbons (Fsp3) is 0.400. The molecule has 1 amide bonds. The molecule has 0 aliphatic rings. The van der Waals surface area contributed by atoms with Crippen molar-refractivity contribution in [2.24, 2.45) is 7.05 Å². The first-order valence-electron chi connectivity index (χ1n) is 6.71. The number of amides is 1. The molecular formula is C15H20N4O2. The monoisotopic (exact) mass is 288 g/mol. The van der Waals surface area contributed by atoms with Crippen molar-refractivity contribution in [3.63, 3.8) is 0 Å². The molecule has 6 nitrogen and oxygen atoms in total. The number of ether oxygens (including phenoxy) is 1. The number of aryl methyl sites for hydroxylation is 2. The molecule has 0 unspecified atom stereocenters. The van der Waals surface area contributed by atoms with E-state index in [1.807, 2.05) is 46.9 Å². The van der Waals surface area contributed by atoms with E-state index in [1.165, 1.54) is 0 Å². The Morgan fingerprint density at radius 3 is 2.57 bits per heavy atom. The minimum absolute atomic E-state index is 0.498. The van der Waals surface area contributed by atoms with Crippen LogP contribution >= 0.6 is 0 Å². The number of rotatable bonds is 2. The molecule has 0 aromatic carbocycles. The van der Waals surface area contributed by atoms with Gasteiger partial charge in [-0.3, -0.25) is 15.0 Å². The maximum atomic E-state index is 11.8. The van der Waals surface area contributed by atoms with Crippen molar-refractivity contribution in [1.82, 2.24) is 14.8 Å². The smallest absolute Gasteiger partial charge is 0.412 e. The number of aromatic nitrogens is 3. The van der Waals surface area contributed by atoms with E-state index in [0.29, 0.717) is 5.69 Å². The van der Waals surface area contributed by atoms with Gasteiger partial charge in [0.15, 0.2) is 0 Å². The van der Waals surface area contributed by atoms with E-state index in [2.05, 4.69) is 15.4 Å². The molecule has 2 rings (SSSR count). The lowest BCUT2D eigenvalue weighted by Gasteiger charge is -2.19. The maximum Gasteiger partial charge on any atom is 0.412 e. The molecular weight excluding hydrogens is 268 g/mol. The average molecular weight is 288 g/mol. The van der Waals surface area contributed by atoms with Crippen LogP contribution in [0.15, 0.2) is 24.5 Å². The number of nitrogens with one attached hydrogen (secondary N) is 1. The number of hydrogen-bond acceptors (Lipinski definition) is 4. The number of pyridine rings is 1. The Bertz CT molecular complexity index is 656. The fourth-order valence-electron chi connectivity index (χ4n) is 1.95. The van der Waals surface area contributed by atoms with Gasteiger partial charge in [-0.15, -0.1) is 0 Å². The fourth-order valence-corrected chi connectivity index (χ4v) is 1.95. The molecule has 2 aromatic rings. The second-order valence-corrected chi connectivity index (χ2v) is 5.88. The Balaban J connectivity index is 2.19. The van der Waals surface area contributed by atoms with E-state index in [4.69, 9.17) is 4.74 Å². The van der Waals surface area contributed by atoms with E-state index in [1.54, 1.807) is 17.1 Å². The van der Waals surface area contributed by atoms with Crippen LogP contribution in [-0.2, 0) is 11.8 Å². The molecule has 2 aromatic heterocycles. The summed E-state index contributed by atoms with van der Waals surface area (Å²) in [7, 11) is 1.87. The van der Waals surface area contributed by atoms with E-state index < -0.39 is 11.7 Å². The van der Waals surface area contributed by atoms with Gasteiger partial charge in [-0.25, -0.2) is 4.79 Å². The van der Waals surface area contributed by atoms with E-state index >= 15 is 0 Å². The van der Waals surface area contributed by atoms with E-state index in [-0.39, 0.29) is 0 Å². The highest BCUT2D eigenvalue weighted by Crippen LogP contribution is 2.22. The summed E-state index contributed by atoms with van der Waals surface area (Å²) in [6, 6.07) is 3.81. The van der Waals surface area contributed by atoms with Crippen LogP contribution in [0, 0.1) is 6.92 Å². The van der Waals surface area contributed by atoms with Gasteiger partial charge in [0.2, 0.25) is 0 Å². The molecule has 21 heavy (non-hydrogen) atoms. The summed E-state index contributed by atoms with van der Waals surface area (Å²) in [6.07, 6.45) is 2.82. The summed E-state index contributed by atoms with van der Waals surface area (Å²) in [5, 5.41) is 6.98. The minimum atomic E-state index is -0.533. The van der Waals surface area contributed by atoms with Crippen LogP contribution < -0.4 is 5.32 Å². The lowest BCUT2D eigenvalue weighted by molar-refractivity contribution is 0.0636. The number of nitrogens with zero attached hydrogens (tertiary/aromatic N) is 3. The van der Waals surface area contributed by atoms with Crippen LogP contribution in [0.2, 0.25) is 0 Å². The van der Waals surface area contributed by atoms with Gasteiger partial charge in [0.05, 0.1) is 23.3 Å². The zero-order valence-corrected chi connectivity index (χ0v) is 13.0. The van der Waals surface area contributed by atoms with Crippen molar-refractivity contribution in [2.45, 2.75) is 33.3 Å². The Hall–Kier alpha value is -2.37. The molecule has 0 aliphatic carbocycles. The third kappa shape index (κ3) is 4.05. The predicted octanol–water partition coefficient (Wildman–Crippen LogP) is 3.14. The highest BCUT2D eigenvalue weighted by molar-refractivity contribution is 5.85. The van der Waals surface area contributed by atoms with Gasteiger partial charge in [-0.1, -0.05) is 0 Å². The first-order valence-corrected chi connectivity index (χ1v) is 6.71. The molecule has 0 radical (unpaired) electrons. The average Bonchev–Trinajstić information content (AvgIpc) is 2.66. The van der Waals surface area contributed by atoms with Crippen molar-refractivity contribution in [3.05, 3.63) is 30.2 Å². The van der Waals surface area contributed by atoms with Crippen LogP contribution in [-0.4, -0.2) is 26.5 Å². The van der Waals surface area contributed by atoms with Gasteiger partial charge in [0.25, 0.3) is 0 Å². The summed E-state index contributed by atoms with van der Waals surface area (Å²) in [4.78, 5) is 15.9. The molecule has 0 saturated carbocycles. The van der Waals surface area contributed by atoms with Gasteiger partial charge in [-0.05, 0) is 39.8 Å². The number of carbonyl (C=O) groups excluding carboxylic acids is 1. The highest BCUT2D eigenvalue weighted by Gasteiger charge is 2.16. The second-order valence-electron chi connectivity index (χ2n) is 5.88. The minimum Gasteiger partial charge on any atom is -0.444 e. The van der Waals surface area contributed by atoms with Gasteiger partial charge in [0, 0.05) is 18.8 Å². The molecule has 0 fully saturated rings. The van der Waals surface area contributed by atoms with Crippen LogP contribution in [0.1, 0.15) is 26.5 Å². The van der Waals surface area contributed by atoms with Crippen LogP contribution in [0.3, 0.4) is 0 Å². The Morgan fingerprint density at radius 2 is 2.00 bits per heavy atom. The normalized spacial score (nSPS) is 11.3. The topological polar surface area (TPSA) is 69.0 Å². The molecule has 0 spiro atoms. The Labute approximate surface area is 124 Å². The summed E-state index contributed by atoms with van der Waals surface area (Å²) in [5.74, 6) is 0. The summed E-state index contributed by atoms with van der Waals surface area (Å²) in [5.41, 5.74) is 2.80. The van der Waals surface area contributed by atoms with Gasteiger partial charge >= 0.3 is 6.09 Å². The molecule has 112 valence electrons. The molecule has 6 heteroatoms. The zero-order chi connectivity index (χ0) is 15.6. The molecule has 0 saturated heterocycles.